The smallest absolute Gasteiger partial charge is 0.851 e. The van der Waals surface area contributed by atoms with E-state index in [4.69, 9.17) is 14.9 Å². The molecule has 0 heterocycles. The minimum absolute atomic E-state index is 0. The van der Waals surface area contributed by atoms with Gasteiger partial charge in [-0.25, -0.2) is 4.57 Å². The molecule has 3 unspecified atom stereocenters. The minimum atomic E-state index is -4.79. The zero-order chi connectivity index (χ0) is 11.4. The molecule has 3 atom stereocenters. The maximum atomic E-state index is 10.7. The van der Waals surface area contributed by atoms with Gasteiger partial charge in [0.05, 0.1) is 12.7 Å². The van der Waals surface area contributed by atoms with E-state index in [0.29, 0.717) is 0 Å². The van der Waals surface area contributed by atoms with Gasteiger partial charge in [0.1, 0.15) is 6.29 Å². The molecule has 11 heteroatoms. The fourth-order valence-electron chi connectivity index (χ4n) is 0.565. The summed E-state index contributed by atoms with van der Waals surface area (Å²) in [5.74, 6) is 0. The van der Waals surface area contributed by atoms with Crippen LogP contribution in [-0.2, 0) is 13.9 Å². The van der Waals surface area contributed by atoms with Crippen LogP contribution in [0.4, 0.5) is 0 Å². The van der Waals surface area contributed by atoms with Crippen molar-refractivity contribution >= 4 is 14.1 Å². The molecule has 0 saturated heterocycles. The van der Waals surface area contributed by atoms with Crippen molar-refractivity contribution in [1.82, 2.24) is 0 Å². The molecule has 0 bridgehead atoms. The molecular formula is C5H9Na2O8P. The molecule has 8 nitrogen and oxygen atoms in total. The first-order valence-electron chi connectivity index (χ1n) is 3.43. The standard InChI is InChI=1S/C5H9O8P.2Na/c6-1-3(7)5(9)4(8)2-13-14(10,11)12;;/h1,3-5,8H,2H2,(H2,10,11,12);;/q-2;2*+1. The summed E-state index contributed by atoms with van der Waals surface area (Å²) in [5.41, 5.74) is 0. The van der Waals surface area contributed by atoms with Crippen molar-refractivity contribution < 1.29 is 98.1 Å². The summed E-state index contributed by atoms with van der Waals surface area (Å²) < 4.78 is 13.9. The van der Waals surface area contributed by atoms with Crippen molar-refractivity contribution in [3.63, 3.8) is 0 Å². The van der Waals surface area contributed by atoms with Crippen LogP contribution in [-0.4, -0.2) is 46.1 Å². The molecule has 3 N–H and O–H groups in total. The number of rotatable bonds is 6. The average molecular weight is 274 g/mol. The Hall–Kier alpha value is 1.66. The summed E-state index contributed by atoms with van der Waals surface area (Å²) in [6, 6.07) is 0. The van der Waals surface area contributed by atoms with Gasteiger partial charge in [0.15, 0.2) is 0 Å². The Morgan fingerprint density at radius 1 is 1.31 bits per heavy atom. The fraction of sp³-hybridized carbons (Fsp3) is 0.800. The van der Waals surface area contributed by atoms with Gasteiger partial charge in [0.2, 0.25) is 0 Å². The molecule has 84 valence electrons. The second-order valence-corrected chi connectivity index (χ2v) is 3.66. The molecule has 0 spiro atoms. The third-order valence-electron chi connectivity index (χ3n) is 1.25. The number of carbonyl (C=O) groups is 1. The van der Waals surface area contributed by atoms with Gasteiger partial charge in [-0.05, 0) is 0 Å². The summed E-state index contributed by atoms with van der Waals surface area (Å²) in [4.78, 5) is 26.2. The topological polar surface area (TPSA) is 150 Å². The van der Waals surface area contributed by atoms with Crippen LogP contribution in [0.3, 0.4) is 0 Å². The predicted octanol–water partition coefficient (Wildman–Crippen LogP) is -9.88. The summed E-state index contributed by atoms with van der Waals surface area (Å²) in [6.45, 7) is -0.995. The molecule has 16 heavy (non-hydrogen) atoms. The Morgan fingerprint density at radius 2 is 1.75 bits per heavy atom. The summed E-state index contributed by atoms with van der Waals surface area (Å²) in [5, 5.41) is 30.1. The number of hydrogen-bond acceptors (Lipinski definition) is 6. The molecular weight excluding hydrogens is 265 g/mol. The summed E-state index contributed by atoms with van der Waals surface area (Å²) in [6.07, 6.45) is -6.53. The molecule has 0 aliphatic rings. The van der Waals surface area contributed by atoms with Crippen LogP contribution in [0.5, 0.6) is 0 Å². The van der Waals surface area contributed by atoms with Crippen molar-refractivity contribution in [2.24, 2.45) is 0 Å². The zero-order valence-electron chi connectivity index (χ0n) is 8.85. The van der Waals surface area contributed by atoms with Crippen LogP contribution in [0.15, 0.2) is 0 Å². The van der Waals surface area contributed by atoms with E-state index < -0.39 is 32.7 Å². The van der Waals surface area contributed by atoms with E-state index in [1.54, 1.807) is 0 Å². The van der Waals surface area contributed by atoms with Gasteiger partial charge in [0, 0.05) is 0 Å². The van der Waals surface area contributed by atoms with E-state index in [1.165, 1.54) is 0 Å². The molecule has 0 aromatic carbocycles. The number of phosphoric acid groups is 1. The second-order valence-electron chi connectivity index (χ2n) is 2.42. The molecule has 0 aliphatic heterocycles. The molecule has 0 rings (SSSR count). The second kappa shape index (κ2) is 10.6. The number of aliphatic hydroxyl groups excluding tert-OH is 1. The van der Waals surface area contributed by atoms with Gasteiger partial charge < -0.3 is 29.9 Å². The van der Waals surface area contributed by atoms with E-state index in [-0.39, 0.29) is 65.4 Å². The van der Waals surface area contributed by atoms with Crippen LogP contribution in [0.25, 0.3) is 0 Å². The van der Waals surface area contributed by atoms with Gasteiger partial charge in [-0.2, -0.15) is 0 Å². The Morgan fingerprint density at radius 3 is 2.06 bits per heavy atom. The maximum absolute atomic E-state index is 10.7. The average Bonchev–Trinajstić information content (AvgIpc) is 2.10. The van der Waals surface area contributed by atoms with Crippen molar-refractivity contribution in [1.29, 1.82) is 0 Å². The Bertz CT molecular complexity index is 232. The van der Waals surface area contributed by atoms with Gasteiger partial charge in [-0.3, -0.25) is 4.52 Å². The van der Waals surface area contributed by atoms with Crippen LogP contribution in [0, 0.1) is 0 Å². The van der Waals surface area contributed by atoms with Gasteiger partial charge in [-0.1, -0.05) is 6.10 Å². The molecule has 0 aromatic rings. The number of hydrogen-bond donors (Lipinski definition) is 3. The van der Waals surface area contributed by atoms with E-state index in [0.717, 1.165) is 0 Å². The Kier molecular flexibility index (Phi) is 15.1. The quantitative estimate of drug-likeness (QED) is 0.245. The van der Waals surface area contributed by atoms with Crippen molar-refractivity contribution in [3.8, 4) is 0 Å². The molecule has 0 aromatic heterocycles. The first kappa shape index (κ1) is 22.8. The van der Waals surface area contributed by atoms with Crippen LogP contribution < -0.4 is 69.3 Å². The third kappa shape index (κ3) is 10.8. The molecule has 0 fully saturated rings. The van der Waals surface area contributed by atoms with Gasteiger partial charge in [0.25, 0.3) is 0 Å². The largest absolute Gasteiger partial charge is 1.00 e. The Balaban J connectivity index is -0.000000845. The number of aliphatic hydroxyl groups is 1. The van der Waals surface area contributed by atoms with Gasteiger partial charge >= 0.3 is 66.9 Å². The van der Waals surface area contributed by atoms with Crippen molar-refractivity contribution in [3.05, 3.63) is 0 Å². The molecule has 0 amide bonds. The first-order valence-corrected chi connectivity index (χ1v) is 4.96. The van der Waals surface area contributed by atoms with E-state index in [2.05, 4.69) is 4.52 Å². The fourth-order valence-corrected chi connectivity index (χ4v) is 0.912. The number of phosphoric ester groups is 1. The summed E-state index contributed by atoms with van der Waals surface area (Å²) in [7, 11) is -4.79. The summed E-state index contributed by atoms with van der Waals surface area (Å²) >= 11 is 0. The van der Waals surface area contributed by atoms with E-state index >= 15 is 0 Å². The number of carbonyl (C=O) groups excluding carboxylic acids is 1. The van der Waals surface area contributed by atoms with Crippen LogP contribution in [0.1, 0.15) is 0 Å². The van der Waals surface area contributed by atoms with Crippen LogP contribution >= 0.6 is 7.82 Å². The van der Waals surface area contributed by atoms with Crippen molar-refractivity contribution in [2.45, 2.75) is 18.3 Å². The number of aldehydes is 1. The molecule has 0 aliphatic carbocycles. The maximum Gasteiger partial charge on any atom is 1.00 e. The van der Waals surface area contributed by atoms with E-state index in [9.17, 15) is 19.6 Å². The minimum Gasteiger partial charge on any atom is -0.851 e. The molecule has 0 saturated carbocycles. The van der Waals surface area contributed by atoms with Gasteiger partial charge in [-0.15, -0.1) is 6.10 Å². The third-order valence-corrected chi connectivity index (χ3v) is 1.74. The predicted molar refractivity (Wildman–Crippen MR) is 37.6 cm³/mol. The van der Waals surface area contributed by atoms with E-state index in [1.807, 2.05) is 0 Å². The zero-order valence-corrected chi connectivity index (χ0v) is 13.7. The Labute approximate surface area is 136 Å². The normalized spacial score (nSPS) is 16.3. The van der Waals surface area contributed by atoms with Crippen LogP contribution in [0.2, 0.25) is 0 Å². The molecule has 0 radical (unpaired) electrons. The monoisotopic (exact) mass is 274 g/mol. The SMILES string of the molecule is O=CC([O-])C([O-])C(O)COP(=O)(O)O.[Na+].[Na+]. The first-order chi connectivity index (χ1) is 6.28. The van der Waals surface area contributed by atoms with Crippen molar-refractivity contribution in [2.75, 3.05) is 6.61 Å².